The van der Waals surface area contributed by atoms with Gasteiger partial charge < -0.3 is 4.29 Å². The first-order valence-electron chi connectivity index (χ1n) is 3.95. The molecule has 0 saturated heterocycles. The number of thioether (sulfide) groups is 1. The smallest absolute Gasteiger partial charge is 0.342 e. The van der Waals surface area contributed by atoms with Crippen molar-refractivity contribution in [2.75, 3.05) is 6.26 Å². The van der Waals surface area contributed by atoms with Crippen molar-refractivity contribution in [3.8, 4) is 0 Å². The van der Waals surface area contributed by atoms with Crippen molar-refractivity contribution in [3.63, 3.8) is 0 Å². The first-order valence-corrected chi connectivity index (χ1v) is 5.49. The summed E-state index contributed by atoms with van der Waals surface area (Å²) in [6.45, 7) is 1.91. The molecule has 76 valence electrons. The van der Waals surface area contributed by atoms with Gasteiger partial charge >= 0.3 is 5.97 Å². The van der Waals surface area contributed by atoms with Crippen LogP contribution in [0.2, 0.25) is 0 Å². The maximum atomic E-state index is 11.2. The lowest BCUT2D eigenvalue weighted by Gasteiger charge is -2.03. The Morgan fingerprint density at radius 1 is 1.71 bits per heavy atom. The fraction of sp³-hybridized carbons (Fsp3) is 0.375. The minimum absolute atomic E-state index is 0.238. The van der Waals surface area contributed by atoms with Gasteiger partial charge in [0.05, 0.1) is 0 Å². The number of hydrogen-bond donors (Lipinski definition) is 0. The number of rotatable bonds is 3. The van der Waals surface area contributed by atoms with Crippen LogP contribution in [-0.2, 0) is 10.7 Å². The SMILES string of the molecule is CCc1cnc(SC)nc1C(=O)OCl. The Hall–Kier alpha value is -0.810. The molecule has 0 atom stereocenters. The van der Waals surface area contributed by atoms with Crippen LogP contribution < -0.4 is 0 Å². The second-order valence-corrected chi connectivity index (χ2v) is 3.38. The lowest BCUT2D eigenvalue weighted by atomic mass is 10.2. The van der Waals surface area contributed by atoms with Gasteiger partial charge in [-0.3, -0.25) is 0 Å². The van der Waals surface area contributed by atoms with E-state index < -0.39 is 5.97 Å². The molecular weight excluding hydrogens is 224 g/mol. The molecule has 0 saturated carbocycles. The Morgan fingerprint density at radius 2 is 2.43 bits per heavy atom. The maximum Gasteiger partial charge on any atom is 0.375 e. The highest BCUT2D eigenvalue weighted by atomic mass is 35.5. The first kappa shape index (κ1) is 11.3. The fourth-order valence-electron chi connectivity index (χ4n) is 0.961. The lowest BCUT2D eigenvalue weighted by Crippen LogP contribution is -2.08. The Bertz CT molecular complexity index is 346. The number of hydrogen-bond acceptors (Lipinski definition) is 5. The van der Waals surface area contributed by atoms with Crippen molar-refractivity contribution in [2.45, 2.75) is 18.5 Å². The highest BCUT2D eigenvalue weighted by molar-refractivity contribution is 7.98. The molecule has 0 aliphatic heterocycles. The number of halogens is 1. The average Bonchev–Trinajstić information content (AvgIpc) is 2.27. The quantitative estimate of drug-likeness (QED) is 0.590. The van der Waals surface area contributed by atoms with E-state index in [4.69, 9.17) is 11.9 Å². The van der Waals surface area contributed by atoms with Crippen LogP contribution in [0.25, 0.3) is 0 Å². The van der Waals surface area contributed by atoms with Crippen LogP contribution in [0.1, 0.15) is 23.0 Å². The summed E-state index contributed by atoms with van der Waals surface area (Å²) in [5, 5.41) is 0.527. The van der Waals surface area contributed by atoms with Crippen molar-refractivity contribution in [3.05, 3.63) is 17.5 Å². The molecule has 14 heavy (non-hydrogen) atoms. The zero-order chi connectivity index (χ0) is 10.6. The second kappa shape index (κ2) is 5.17. The van der Waals surface area contributed by atoms with Crippen LogP contribution in [-0.4, -0.2) is 22.2 Å². The molecule has 0 amide bonds. The zero-order valence-electron chi connectivity index (χ0n) is 7.78. The van der Waals surface area contributed by atoms with E-state index in [1.807, 2.05) is 13.2 Å². The highest BCUT2D eigenvalue weighted by Gasteiger charge is 2.15. The molecule has 0 bridgehead atoms. The van der Waals surface area contributed by atoms with Crippen LogP contribution >= 0.6 is 23.6 Å². The Morgan fingerprint density at radius 3 is 2.93 bits per heavy atom. The second-order valence-electron chi connectivity index (χ2n) is 2.45. The largest absolute Gasteiger partial charge is 0.375 e. The number of aromatic nitrogens is 2. The Balaban J connectivity index is 3.14. The normalized spacial score (nSPS) is 9.93. The van der Waals surface area contributed by atoms with Crippen LogP contribution in [0.3, 0.4) is 0 Å². The van der Waals surface area contributed by atoms with E-state index in [1.165, 1.54) is 11.8 Å². The molecule has 0 aliphatic rings. The van der Waals surface area contributed by atoms with Crippen LogP contribution in [0.4, 0.5) is 0 Å². The molecule has 1 aromatic heterocycles. The molecule has 0 radical (unpaired) electrons. The van der Waals surface area contributed by atoms with E-state index in [9.17, 15) is 4.79 Å². The van der Waals surface area contributed by atoms with Gasteiger partial charge in [-0.15, -0.1) is 0 Å². The summed E-state index contributed by atoms with van der Waals surface area (Å²) in [6, 6.07) is 0. The third-order valence-corrected chi connectivity index (χ3v) is 2.37. The van der Waals surface area contributed by atoms with E-state index in [0.29, 0.717) is 11.6 Å². The van der Waals surface area contributed by atoms with Crippen LogP contribution in [0, 0.1) is 0 Å². The highest BCUT2D eigenvalue weighted by Crippen LogP contribution is 2.13. The minimum Gasteiger partial charge on any atom is -0.342 e. The topological polar surface area (TPSA) is 52.1 Å². The van der Waals surface area contributed by atoms with Gasteiger partial charge in [0.25, 0.3) is 0 Å². The number of nitrogens with zero attached hydrogens (tertiary/aromatic N) is 2. The molecule has 1 aromatic rings. The molecule has 4 nitrogen and oxygen atoms in total. The van der Waals surface area contributed by atoms with Crippen molar-refractivity contribution in [1.29, 1.82) is 0 Å². The molecule has 0 spiro atoms. The van der Waals surface area contributed by atoms with Gasteiger partial charge in [0, 0.05) is 11.8 Å². The summed E-state index contributed by atoms with van der Waals surface area (Å²) >= 11 is 6.35. The number of carbonyl (C=O) groups is 1. The maximum absolute atomic E-state index is 11.2. The minimum atomic E-state index is -0.638. The van der Waals surface area contributed by atoms with Gasteiger partial charge in [-0.2, -0.15) is 0 Å². The molecule has 0 aromatic carbocycles. The third kappa shape index (κ3) is 2.36. The van der Waals surface area contributed by atoms with E-state index in [-0.39, 0.29) is 5.69 Å². The first-order chi connectivity index (χ1) is 6.72. The molecule has 0 N–H and O–H groups in total. The van der Waals surface area contributed by atoms with Crippen molar-refractivity contribution >= 4 is 29.6 Å². The molecule has 1 heterocycles. The van der Waals surface area contributed by atoms with Crippen LogP contribution in [0.5, 0.6) is 0 Å². The molecular formula is C8H9ClN2O2S. The summed E-state index contributed by atoms with van der Waals surface area (Å²) in [4.78, 5) is 19.3. The van der Waals surface area contributed by atoms with Crippen molar-refractivity contribution < 1.29 is 9.08 Å². The molecule has 6 heteroatoms. The number of aryl methyl sites for hydroxylation is 1. The molecule has 1 rings (SSSR count). The zero-order valence-corrected chi connectivity index (χ0v) is 9.35. The molecule has 0 fully saturated rings. The third-order valence-electron chi connectivity index (χ3n) is 1.67. The van der Waals surface area contributed by atoms with Gasteiger partial charge in [0.2, 0.25) is 0 Å². The van der Waals surface area contributed by atoms with Gasteiger partial charge in [0.1, 0.15) is 11.9 Å². The standard InChI is InChI=1S/C8H9ClN2O2S/c1-3-5-4-10-8(14-2)11-6(5)7(12)13-9/h4H,3H2,1-2H3. The molecule has 0 unspecified atom stereocenters. The predicted molar refractivity (Wildman–Crippen MR) is 54.5 cm³/mol. The van der Waals surface area contributed by atoms with Gasteiger partial charge in [-0.25, -0.2) is 14.8 Å². The van der Waals surface area contributed by atoms with Gasteiger partial charge in [-0.05, 0) is 12.7 Å². The van der Waals surface area contributed by atoms with Crippen molar-refractivity contribution in [1.82, 2.24) is 9.97 Å². The van der Waals surface area contributed by atoms with Crippen molar-refractivity contribution in [2.24, 2.45) is 0 Å². The van der Waals surface area contributed by atoms with E-state index in [1.54, 1.807) is 6.20 Å². The number of carbonyl (C=O) groups excluding carboxylic acids is 1. The van der Waals surface area contributed by atoms with E-state index in [2.05, 4.69) is 14.3 Å². The summed E-state index contributed by atoms with van der Waals surface area (Å²) in [5.41, 5.74) is 0.968. The van der Waals surface area contributed by atoms with E-state index in [0.717, 1.165) is 5.56 Å². The Labute approximate surface area is 91.2 Å². The van der Waals surface area contributed by atoms with E-state index >= 15 is 0 Å². The fourth-order valence-corrected chi connectivity index (χ4v) is 1.37. The summed E-state index contributed by atoms with van der Waals surface area (Å²) < 4.78 is 4.11. The summed E-state index contributed by atoms with van der Waals surface area (Å²) in [5.74, 6) is -0.638. The van der Waals surface area contributed by atoms with Gasteiger partial charge in [-0.1, -0.05) is 18.7 Å². The average molecular weight is 233 g/mol. The monoisotopic (exact) mass is 232 g/mol. The molecule has 0 aliphatic carbocycles. The lowest BCUT2D eigenvalue weighted by molar-refractivity contribution is 0.0743. The predicted octanol–water partition coefficient (Wildman–Crippen LogP) is 2.07. The summed E-state index contributed by atoms with van der Waals surface area (Å²) in [6.07, 6.45) is 4.11. The Kier molecular flexibility index (Phi) is 4.16. The van der Waals surface area contributed by atoms with Crippen LogP contribution in [0.15, 0.2) is 11.4 Å². The van der Waals surface area contributed by atoms with Gasteiger partial charge in [0.15, 0.2) is 10.9 Å². The summed E-state index contributed by atoms with van der Waals surface area (Å²) in [7, 11) is 0.